The summed E-state index contributed by atoms with van der Waals surface area (Å²) in [5, 5.41) is 2.78. The normalized spacial score (nSPS) is 12.6. The Kier molecular flexibility index (Phi) is 4.99. The number of ether oxygens (including phenoxy) is 1. The largest absolute Gasteiger partial charge is 0.444 e. The standard InChI is InChI=1S/C14H21N3O2/c1-6-7-8-17-10-15-9-12(17)11(2)16-13(18)19-14(3,4)5/h1,9-11H,7-8H2,2-5H3,(H,16,18)/t11-/m1/s1. The maximum absolute atomic E-state index is 11.7. The summed E-state index contributed by atoms with van der Waals surface area (Å²) in [6, 6.07) is -0.185. The molecule has 1 heterocycles. The van der Waals surface area contributed by atoms with Gasteiger partial charge in [-0.05, 0) is 27.7 Å². The maximum Gasteiger partial charge on any atom is 0.408 e. The molecule has 0 aliphatic rings. The molecule has 0 aliphatic heterocycles. The van der Waals surface area contributed by atoms with Gasteiger partial charge < -0.3 is 14.6 Å². The molecule has 0 bridgehead atoms. The number of aromatic nitrogens is 2. The Hall–Kier alpha value is -1.96. The SMILES string of the molecule is C#CCCn1cncc1[C@@H](C)NC(=O)OC(C)(C)C. The van der Waals surface area contributed by atoms with Crippen molar-refractivity contribution in [3.63, 3.8) is 0 Å². The van der Waals surface area contributed by atoms with E-state index in [1.54, 1.807) is 12.5 Å². The molecule has 0 unspecified atom stereocenters. The third-order valence-corrected chi connectivity index (χ3v) is 2.42. The first-order valence-corrected chi connectivity index (χ1v) is 6.26. The van der Waals surface area contributed by atoms with E-state index in [-0.39, 0.29) is 6.04 Å². The molecular formula is C14H21N3O2. The minimum absolute atomic E-state index is 0.185. The average Bonchev–Trinajstić information content (AvgIpc) is 2.71. The van der Waals surface area contributed by atoms with Crippen LogP contribution in [0.2, 0.25) is 0 Å². The molecule has 5 nitrogen and oxygen atoms in total. The lowest BCUT2D eigenvalue weighted by Gasteiger charge is -2.22. The number of carbonyl (C=O) groups excluding carboxylic acids is 1. The molecule has 0 saturated carbocycles. The van der Waals surface area contributed by atoms with E-state index in [9.17, 15) is 4.79 Å². The van der Waals surface area contributed by atoms with Crippen LogP contribution in [-0.2, 0) is 11.3 Å². The molecule has 1 N–H and O–H groups in total. The number of amides is 1. The number of terminal acetylenes is 1. The zero-order valence-corrected chi connectivity index (χ0v) is 11.9. The van der Waals surface area contributed by atoms with E-state index in [4.69, 9.17) is 11.2 Å². The van der Waals surface area contributed by atoms with Crippen molar-refractivity contribution in [1.29, 1.82) is 0 Å². The summed E-state index contributed by atoms with van der Waals surface area (Å²) in [7, 11) is 0. The molecule has 1 aromatic rings. The molecule has 1 aromatic heterocycles. The monoisotopic (exact) mass is 263 g/mol. The first-order valence-electron chi connectivity index (χ1n) is 6.26. The number of hydrogen-bond acceptors (Lipinski definition) is 3. The zero-order chi connectivity index (χ0) is 14.5. The first kappa shape index (κ1) is 15.1. The quantitative estimate of drug-likeness (QED) is 0.849. The van der Waals surface area contributed by atoms with E-state index in [1.165, 1.54) is 0 Å². The number of carbonyl (C=O) groups is 1. The van der Waals surface area contributed by atoms with Gasteiger partial charge in [0.15, 0.2) is 0 Å². The van der Waals surface area contributed by atoms with Gasteiger partial charge in [0.05, 0.1) is 24.3 Å². The molecule has 19 heavy (non-hydrogen) atoms. The summed E-state index contributed by atoms with van der Waals surface area (Å²) >= 11 is 0. The first-order chi connectivity index (χ1) is 8.83. The Bertz CT molecular complexity index is 466. The lowest BCUT2D eigenvalue weighted by molar-refractivity contribution is 0.0506. The topological polar surface area (TPSA) is 56.2 Å². The van der Waals surface area contributed by atoms with Gasteiger partial charge in [0.1, 0.15) is 5.60 Å². The Morgan fingerprint density at radius 3 is 2.89 bits per heavy atom. The van der Waals surface area contributed by atoms with Gasteiger partial charge in [-0.2, -0.15) is 0 Å². The van der Waals surface area contributed by atoms with Crippen LogP contribution in [0.4, 0.5) is 4.79 Å². The molecule has 0 aliphatic carbocycles. The van der Waals surface area contributed by atoms with E-state index >= 15 is 0 Å². The van der Waals surface area contributed by atoms with E-state index in [2.05, 4.69) is 16.2 Å². The molecule has 0 aromatic carbocycles. The lowest BCUT2D eigenvalue weighted by Crippen LogP contribution is -2.34. The van der Waals surface area contributed by atoms with Crippen LogP contribution in [-0.4, -0.2) is 21.2 Å². The fourth-order valence-electron chi connectivity index (χ4n) is 1.62. The second-order valence-corrected chi connectivity index (χ2v) is 5.33. The number of rotatable bonds is 4. The summed E-state index contributed by atoms with van der Waals surface area (Å²) in [5.41, 5.74) is 0.397. The predicted octanol–water partition coefficient (Wildman–Crippen LogP) is 2.49. The van der Waals surface area contributed by atoms with Gasteiger partial charge in [-0.15, -0.1) is 12.3 Å². The molecule has 5 heteroatoms. The number of hydrogen-bond donors (Lipinski definition) is 1. The minimum Gasteiger partial charge on any atom is -0.444 e. The lowest BCUT2D eigenvalue weighted by atomic mass is 10.2. The molecule has 0 fully saturated rings. The molecular weight excluding hydrogens is 242 g/mol. The van der Waals surface area contributed by atoms with Crippen molar-refractivity contribution in [2.45, 2.75) is 52.3 Å². The molecule has 1 atom stereocenters. The van der Waals surface area contributed by atoms with E-state index in [1.807, 2.05) is 32.3 Å². The average molecular weight is 263 g/mol. The van der Waals surface area contributed by atoms with E-state index in [0.717, 1.165) is 5.69 Å². The summed E-state index contributed by atoms with van der Waals surface area (Å²) < 4.78 is 7.15. The minimum atomic E-state index is -0.506. The van der Waals surface area contributed by atoms with Crippen LogP contribution in [0.5, 0.6) is 0 Å². The van der Waals surface area contributed by atoms with Crippen LogP contribution < -0.4 is 5.32 Å². The van der Waals surface area contributed by atoms with Crippen LogP contribution in [0, 0.1) is 12.3 Å². The summed E-state index contributed by atoms with van der Waals surface area (Å²) in [5.74, 6) is 2.58. The van der Waals surface area contributed by atoms with Gasteiger partial charge in [-0.25, -0.2) is 9.78 Å². The number of nitrogens with zero attached hydrogens (tertiary/aromatic N) is 2. The highest BCUT2D eigenvalue weighted by molar-refractivity contribution is 5.68. The van der Waals surface area contributed by atoms with Crippen LogP contribution in [0.15, 0.2) is 12.5 Å². The smallest absolute Gasteiger partial charge is 0.408 e. The summed E-state index contributed by atoms with van der Waals surface area (Å²) in [4.78, 5) is 15.8. The molecule has 1 amide bonds. The molecule has 104 valence electrons. The van der Waals surface area contributed by atoms with Gasteiger partial charge in [0.25, 0.3) is 0 Å². The van der Waals surface area contributed by atoms with Crippen LogP contribution in [0.25, 0.3) is 0 Å². The van der Waals surface area contributed by atoms with Crippen molar-refractivity contribution < 1.29 is 9.53 Å². The highest BCUT2D eigenvalue weighted by Crippen LogP contribution is 2.14. The van der Waals surface area contributed by atoms with Crippen LogP contribution in [0.1, 0.15) is 45.9 Å². The summed E-state index contributed by atoms with van der Waals surface area (Å²) in [6.07, 6.45) is 8.86. The Labute approximate surface area is 114 Å². The van der Waals surface area contributed by atoms with Gasteiger partial charge in [0, 0.05) is 13.0 Å². The van der Waals surface area contributed by atoms with Gasteiger partial charge in [-0.1, -0.05) is 0 Å². The van der Waals surface area contributed by atoms with E-state index in [0.29, 0.717) is 13.0 Å². The van der Waals surface area contributed by atoms with Crippen molar-refractivity contribution >= 4 is 6.09 Å². The molecule has 0 saturated heterocycles. The third kappa shape index (κ3) is 5.04. The molecule has 1 rings (SSSR count). The fourth-order valence-corrected chi connectivity index (χ4v) is 1.62. The second-order valence-electron chi connectivity index (χ2n) is 5.33. The van der Waals surface area contributed by atoms with Gasteiger partial charge >= 0.3 is 6.09 Å². The van der Waals surface area contributed by atoms with Crippen LogP contribution in [0.3, 0.4) is 0 Å². The van der Waals surface area contributed by atoms with Crippen LogP contribution >= 0.6 is 0 Å². The molecule has 0 spiro atoms. The van der Waals surface area contributed by atoms with Crippen molar-refractivity contribution in [3.05, 3.63) is 18.2 Å². The fraction of sp³-hybridized carbons (Fsp3) is 0.571. The second kappa shape index (κ2) is 6.28. The summed E-state index contributed by atoms with van der Waals surface area (Å²) in [6.45, 7) is 8.05. The molecule has 0 radical (unpaired) electrons. The Morgan fingerprint density at radius 1 is 1.63 bits per heavy atom. The number of nitrogens with one attached hydrogen (secondary N) is 1. The number of imidazole rings is 1. The third-order valence-electron chi connectivity index (χ3n) is 2.42. The van der Waals surface area contributed by atoms with Crippen molar-refractivity contribution in [2.24, 2.45) is 0 Å². The predicted molar refractivity (Wildman–Crippen MR) is 73.5 cm³/mol. The Morgan fingerprint density at radius 2 is 2.32 bits per heavy atom. The van der Waals surface area contributed by atoms with Gasteiger partial charge in [0.2, 0.25) is 0 Å². The number of alkyl carbamates (subject to hydrolysis) is 1. The maximum atomic E-state index is 11.7. The van der Waals surface area contributed by atoms with Crippen molar-refractivity contribution in [2.75, 3.05) is 0 Å². The Balaban J connectivity index is 2.63. The number of aryl methyl sites for hydroxylation is 1. The van der Waals surface area contributed by atoms with Gasteiger partial charge in [-0.3, -0.25) is 0 Å². The highest BCUT2D eigenvalue weighted by atomic mass is 16.6. The van der Waals surface area contributed by atoms with Crippen molar-refractivity contribution in [3.8, 4) is 12.3 Å². The zero-order valence-electron chi connectivity index (χ0n) is 11.9. The highest BCUT2D eigenvalue weighted by Gasteiger charge is 2.19. The van der Waals surface area contributed by atoms with E-state index < -0.39 is 11.7 Å². The van der Waals surface area contributed by atoms with Crippen molar-refractivity contribution in [1.82, 2.24) is 14.9 Å².